The van der Waals surface area contributed by atoms with Crippen LogP contribution >= 0.6 is 11.8 Å². The first-order valence-corrected chi connectivity index (χ1v) is 19.0. The molecule has 0 bridgehead atoms. The minimum Gasteiger partial charge on any atom is -0.362 e. The largest absolute Gasteiger partial charge is 0.362 e. The number of fused-ring (bicyclic) bond motifs is 9. The number of hydrogen-bond acceptors (Lipinski definition) is 3. The molecule has 0 amide bonds. The molecular formula is C46H42N2S. The van der Waals surface area contributed by atoms with E-state index >= 15 is 0 Å². The number of benzene rings is 4. The van der Waals surface area contributed by atoms with Gasteiger partial charge in [0.05, 0.1) is 17.3 Å². The van der Waals surface area contributed by atoms with E-state index in [4.69, 9.17) is 4.99 Å². The number of nitrogens with zero attached hydrogens (tertiary/aromatic N) is 1. The highest BCUT2D eigenvalue weighted by atomic mass is 32.2. The van der Waals surface area contributed by atoms with Crippen molar-refractivity contribution < 1.29 is 0 Å². The van der Waals surface area contributed by atoms with Crippen molar-refractivity contribution in [1.82, 2.24) is 5.32 Å². The molecule has 6 aliphatic rings. The van der Waals surface area contributed by atoms with Crippen LogP contribution in [0.5, 0.6) is 0 Å². The van der Waals surface area contributed by atoms with E-state index in [1.165, 1.54) is 71.7 Å². The third-order valence-electron chi connectivity index (χ3n) is 12.4. The zero-order valence-electron chi connectivity index (χ0n) is 28.8. The lowest BCUT2D eigenvalue weighted by atomic mass is 9.73. The summed E-state index contributed by atoms with van der Waals surface area (Å²) in [6.07, 6.45) is 17.1. The molecule has 0 saturated carbocycles. The summed E-state index contributed by atoms with van der Waals surface area (Å²) < 4.78 is 0. The predicted octanol–water partition coefficient (Wildman–Crippen LogP) is 11.4. The smallest absolute Gasteiger partial charge is 0.129 e. The first-order chi connectivity index (χ1) is 23.8. The van der Waals surface area contributed by atoms with Gasteiger partial charge >= 0.3 is 0 Å². The Balaban J connectivity index is 1.04. The fourth-order valence-electron chi connectivity index (χ4n) is 9.83. The van der Waals surface area contributed by atoms with E-state index in [0.29, 0.717) is 11.2 Å². The van der Waals surface area contributed by atoms with Crippen LogP contribution in [0.25, 0.3) is 27.8 Å². The number of nitrogens with one attached hydrogen (secondary N) is 1. The van der Waals surface area contributed by atoms with Crippen molar-refractivity contribution in [3.05, 3.63) is 154 Å². The number of amidine groups is 1. The number of allylic oxidation sites excluding steroid dienone is 6. The van der Waals surface area contributed by atoms with Gasteiger partial charge in [-0.2, -0.15) is 0 Å². The maximum Gasteiger partial charge on any atom is 0.129 e. The second kappa shape index (κ2) is 10.6. The molecule has 4 atom stereocenters. The molecule has 49 heavy (non-hydrogen) atoms. The van der Waals surface area contributed by atoms with Gasteiger partial charge in [-0.15, -0.1) is 11.8 Å². The van der Waals surface area contributed by atoms with Gasteiger partial charge in [0, 0.05) is 15.9 Å². The Bertz CT molecular complexity index is 2220. The van der Waals surface area contributed by atoms with Gasteiger partial charge in [0.1, 0.15) is 5.84 Å². The highest BCUT2D eigenvalue weighted by molar-refractivity contribution is 8.00. The highest BCUT2D eigenvalue weighted by Gasteiger charge is 2.47. The summed E-state index contributed by atoms with van der Waals surface area (Å²) in [4.78, 5) is 6.81. The molecule has 4 aliphatic carbocycles. The molecule has 10 rings (SSSR count). The maximum absolute atomic E-state index is 5.44. The molecule has 0 spiro atoms. The van der Waals surface area contributed by atoms with Crippen LogP contribution in [0.15, 0.2) is 131 Å². The predicted molar refractivity (Wildman–Crippen MR) is 206 cm³/mol. The lowest BCUT2D eigenvalue weighted by Crippen LogP contribution is -2.41. The Labute approximate surface area is 294 Å². The first-order valence-electron chi connectivity index (χ1n) is 18.1. The third-order valence-corrected chi connectivity index (χ3v) is 13.8. The maximum atomic E-state index is 5.44. The molecule has 4 aromatic carbocycles. The lowest BCUT2D eigenvalue weighted by Gasteiger charge is -2.34. The van der Waals surface area contributed by atoms with Crippen LogP contribution in [0.3, 0.4) is 0 Å². The van der Waals surface area contributed by atoms with Crippen molar-refractivity contribution in [1.29, 1.82) is 0 Å². The molecule has 1 N–H and O–H groups in total. The van der Waals surface area contributed by atoms with Crippen molar-refractivity contribution >= 4 is 23.2 Å². The summed E-state index contributed by atoms with van der Waals surface area (Å²) in [6, 6.07) is 30.7. The fourth-order valence-corrected chi connectivity index (χ4v) is 11.3. The minimum absolute atomic E-state index is 0.0737. The van der Waals surface area contributed by atoms with Gasteiger partial charge in [0.15, 0.2) is 0 Å². The summed E-state index contributed by atoms with van der Waals surface area (Å²) in [6.45, 7) is 9.78. The van der Waals surface area contributed by atoms with Gasteiger partial charge in [-0.3, -0.25) is 4.99 Å². The van der Waals surface area contributed by atoms with Gasteiger partial charge in [-0.05, 0) is 104 Å². The van der Waals surface area contributed by atoms with Crippen molar-refractivity contribution in [2.45, 2.75) is 80.0 Å². The molecule has 0 aromatic heterocycles. The Morgan fingerprint density at radius 1 is 0.796 bits per heavy atom. The van der Waals surface area contributed by atoms with E-state index in [-0.39, 0.29) is 22.9 Å². The van der Waals surface area contributed by atoms with Crippen LogP contribution < -0.4 is 5.32 Å². The first kappa shape index (κ1) is 29.6. The number of hydrogen-bond donors (Lipinski definition) is 1. The summed E-state index contributed by atoms with van der Waals surface area (Å²) in [7, 11) is 0. The number of aliphatic imine (C=N–C) groups is 1. The SMILES string of the molecule is CC1(C)c2cc3c(cc2-c2cccc(-c4ccc(C5N=C(C6=CCCC=C6)NC6c7ccccc7SC56)cc4)c21)C1=CC=CCC1C3(C)C. The molecule has 3 heteroatoms. The average Bonchev–Trinajstić information content (AvgIpc) is 3.71. The molecule has 2 nitrogen and oxygen atoms in total. The van der Waals surface area contributed by atoms with Crippen LogP contribution in [0, 0.1) is 5.92 Å². The number of thioether (sulfide) groups is 1. The van der Waals surface area contributed by atoms with Gasteiger partial charge in [-0.1, -0.05) is 131 Å². The van der Waals surface area contributed by atoms with Crippen molar-refractivity contribution in [2.24, 2.45) is 10.9 Å². The van der Waals surface area contributed by atoms with Crippen molar-refractivity contribution in [3.63, 3.8) is 0 Å². The lowest BCUT2D eigenvalue weighted by molar-refractivity contribution is 0.414. The van der Waals surface area contributed by atoms with Gasteiger partial charge < -0.3 is 5.32 Å². The van der Waals surface area contributed by atoms with E-state index in [1.54, 1.807) is 0 Å². The highest BCUT2D eigenvalue weighted by Crippen LogP contribution is 2.59. The Hall–Kier alpha value is -4.34. The standard InChI is InChI=1S/C46H42N2S/c1-45(2)36-19-10-8-15-31(36)34-25-35-32-18-12-17-30(40(32)46(3,4)38(35)26-37(34)45)27-21-23-28(24-22-27)41-43-42(33-16-9-11-20-39(33)49-43)48-44(47-41)29-13-6-5-7-14-29/h6,8-18,20-26,36,41-43H,5,7,19H2,1-4H3,(H,47,48). The Morgan fingerprint density at radius 3 is 2.47 bits per heavy atom. The molecular weight excluding hydrogens is 613 g/mol. The molecule has 2 heterocycles. The molecule has 0 saturated heterocycles. The van der Waals surface area contributed by atoms with Crippen LogP contribution in [-0.2, 0) is 10.8 Å². The van der Waals surface area contributed by atoms with Crippen LogP contribution in [0.1, 0.15) is 92.4 Å². The van der Waals surface area contributed by atoms with Crippen molar-refractivity contribution in [3.8, 4) is 22.3 Å². The third kappa shape index (κ3) is 4.24. The molecule has 4 aromatic rings. The van der Waals surface area contributed by atoms with Crippen molar-refractivity contribution in [2.75, 3.05) is 0 Å². The molecule has 2 aliphatic heterocycles. The molecule has 0 radical (unpaired) electrons. The topological polar surface area (TPSA) is 24.4 Å². The summed E-state index contributed by atoms with van der Waals surface area (Å²) in [5, 5.41) is 4.18. The van der Waals surface area contributed by atoms with E-state index in [2.05, 4.69) is 148 Å². The summed E-state index contributed by atoms with van der Waals surface area (Å²) in [5.74, 6) is 1.59. The second-order valence-electron chi connectivity index (χ2n) is 15.8. The van der Waals surface area contributed by atoms with Crippen LogP contribution in [-0.4, -0.2) is 11.1 Å². The van der Waals surface area contributed by atoms with E-state index in [9.17, 15) is 0 Å². The zero-order chi connectivity index (χ0) is 33.1. The summed E-state index contributed by atoms with van der Waals surface area (Å²) >= 11 is 1.98. The summed E-state index contributed by atoms with van der Waals surface area (Å²) in [5.41, 5.74) is 16.8. The number of rotatable bonds is 3. The van der Waals surface area contributed by atoms with E-state index in [0.717, 1.165) is 25.1 Å². The van der Waals surface area contributed by atoms with E-state index in [1.807, 2.05) is 11.8 Å². The van der Waals surface area contributed by atoms with E-state index < -0.39 is 0 Å². The molecule has 4 unspecified atom stereocenters. The molecule has 0 fully saturated rings. The normalized spacial score (nSPS) is 25.9. The fraction of sp³-hybridized carbons (Fsp3) is 0.283. The van der Waals surface area contributed by atoms with Crippen LogP contribution in [0.4, 0.5) is 0 Å². The second-order valence-corrected chi connectivity index (χ2v) is 17.0. The Kier molecular flexibility index (Phi) is 6.38. The molecule has 242 valence electrons. The average molecular weight is 655 g/mol. The minimum atomic E-state index is -0.0968. The van der Waals surface area contributed by atoms with Gasteiger partial charge in [-0.25, -0.2) is 0 Å². The Morgan fingerprint density at radius 2 is 1.63 bits per heavy atom. The zero-order valence-corrected chi connectivity index (χ0v) is 29.6. The van der Waals surface area contributed by atoms with Gasteiger partial charge in [0.25, 0.3) is 0 Å². The van der Waals surface area contributed by atoms with Gasteiger partial charge in [0.2, 0.25) is 0 Å². The van der Waals surface area contributed by atoms with Crippen LogP contribution in [0.2, 0.25) is 0 Å². The monoisotopic (exact) mass is 654 g/mol. The quantitative estimate of drug-likeness (QED) is 0.238.